The minimum atomic E-state index is -0.366. The van der Waals surface area contributed by atoms with Crippen LogP contribution in [0.25, 0.3) is 0 Å². The Hall–Kier alpha value is -3.68. The molecule has 0 aliphatic carbocycles. The molecule has 0 bridgehead atoms. The van der Waals surface area contributed by atoms with Crippen molar-refractivity contribution in [2.24, 2.45) is 5.92 Å². The summed E-state index contributed by atoms with van der Waals surface area (Å²) >= 11 is 0. The largest absolute Gasteiger partial charge is 0.507 e. The van der Waals surface area contributed by atoms with E-state index >= 15 is 0 Å². The zero-order valence-electron chi connectivity index (χ0n) is 18.7. The van der Waals surface area contributed by atoms with Crippen LogP contribution in [0.15, 0.2) is 42.5 Å². The van der Waals surface area contributed by atoms with E-state index in [0.717, 1.165) is 0 Å². The Morgan fingerprint density at radius 2 is 1.70 bits per heavy atom. The molecule has 8 heteroatoms. The maximum Gasteiger partial charge on any atom is 0.261 e. The summed E-state index contributed by atoms with van der Waals surface area (Å²) in [5, 5.41) is 12.9. The van der Waals surface area contributed by atoms with Crippen molar-refractivity contribution in [2.45, 2.75) is 32.7 Å². The highest BCUT2D eigenvalue weighted by Gasteiger charge is 2.36. The summed E-state index contributed by atoms with van der Waals surface area (Å²) in [5.41, 5.74) is 1.18. The Balaban J connectivity index is 1.37. The van der Waals surface area contributed by atoms with Crippen LogP contribution in [0.1, 0.15) is 68.1 Å². The predicted molar refractivity (Wildman–Crippen MR) is 121 cm³/mol. The predicted octanol–water partition coefficient (Wildman–Crippen LogP) is 2.68. The number of amides is 4. The summed E-state index contributed by atoms with van der Waals surface area (Å²) in [6.07, 6.45) is 1.16. The number of phenols is 1. The molecular formula is C25H27N3O5. The van der Waals surface area contributed by atoms with Gasteiger partial charge in [-0.15, -0.1) is 0 Å². The van der Waals surface area contributed by atoms with Crippen LogP contribution in [-0.4, -0.2) is 64.2 Å². The van der Waals surface area contributed by atoms with Gasteiger partial charge < -0.3 is 15.3 Å². The standard InChI is InChI=1S/C25H27N3O5/c1-15(2)14-28-24(32)18-8-7-16(13-20(18)25(28)33)22(30)26-17-9-11-27(12-10-17)23(31)19-5-3-4-6-21(19)29/h3-8,13,15,17,29H,9-12,14H2,1-2H3,(H,26,30). The van der Waals surface area contributed by atoms with Crippen LogP contribution in [-0.2, 0) is 0 Å². The van der Waals surface area contributed by atoms with Crippen molar-refractivity contribution in [1.29, 1.82) is 0 Å². The zero-order chi connectivity index (χ0) is 23.7. The maximum absolute atomic E-state index is 12.8. The summed E-state index contributed by atoms with van der Waals surface area (Å²) in [5.74, 6) is -1.13. The van der Waals surface area contributed by atoms with Crippen molar-refractivity contribution in [3.05, 3.63) is 64.7 Å². The van der Waals surface area contributed by atoms with Gasteiger partial charge in [0.15, 0.2) is 0 Å². The van der Waals surface area contributed by atoms with Crippen LogP contribution in [0.2, 0.25) is 0 Å². The van der Waals surface area contributed by atoms with Crippen LogP contribution in [0, 0.1) is 5.92 Å². The summed E-state index contributed by atoms with van der Waals surface area (Å²) in [6, 6.07) is 10.9. The number of hydrogen-bond donors (Lipinski definition) is 2. The second kappa shape index (κ2) is 9.05. The van der Waals surface area contributed by atoms with E-state index in [0.29, 0.717) is 43.6 Å². The molecule has 2 aromatic carbocycles. The van der Waals surface area contributed by atoms with Gasteiger partial charge in [0.1, 0.15) is 5.75 Å². The molecule has 4 amide bonds. The van der Waals surface area contributed by atoms with Crippen molar-refractivity contribution < 1.29 is 24.3 Å². The van der Waals surface area contributed by atoms with Crippen LogP contribution in [0.4, 0.5) is 0 Å². The first kappa shape index (κ1) is 22.5. The van der Waals surface area contributed by atoms with Gasteiger partial charge >= 0.3 is 0 Å². The third-order valence-electron chi connectivity index (χ3n) is 6.03. The Morgan fingerprint density at radius 3 is 2.36 bits per heavy atom. The molecule has 1 saturated heterocycles. The van der Waals surface area contributed by atoms with Gasteiger partial charge in [-0.3, -0.25) is 24.1 Å². The number of nitrogens with zero attached hydrogens (tertiary/aromatic N) is 2. The first-order valence-electron chi connectivity index (χ1n) is 11.1. The SMILES string of the molecule is CC(C)CN1C(=O)c2ccc(C(=O)NC3CCN(C(=O)c4ccccc4O)CC3)cc2C1=O. The number of fused-ring (bicyclic) bond motifs is 1. The van der Waals surface area contributed by atoms with Gasteiger partial charge in [-0.05, 0) is 49.1 Å². The van der Waals surface area contributed by atoms with E-state index < -0.39 is 0 Å². The average molecular weight is 450 g/mol. The van der Waals surface area contributed by atoms with Crippen LogP contribution in [0.5, 0.6) is 5.75 Å². The average Bonchev–Trinajstić information content (AvgIpc) is 3.03. The number of carbonyl (C=O) groups excluding carboxylic acids is 4. The monoisotopic (exact) mass is 449 g/mol. The second-order valence-corrected chi connectivity index (χ2v) is 8.93. The molecule has 8 nitrogen and oxygen atoms in total. The van der Waals surface area contributed by atoms with Gasteiger partial charge in [0.05, 0.1) is 16.7 Å². The fraction of sp³-hybridized carbons (Fsp3) is 0.360. The number of phenolic OH excluding ortho intramolecular Hbond substituents is 1. The number of imide groups is 1. The summed E-state index contributed by atoms with van der Waals surface area (Å²) in [4.78, 5) is 53.5. The lowest BCUT2D eigenvalue weighted by Gasteiger charge is -2.32. The topological polar surface area (TPSA) is 107 Å². The van der Waals surface area contributed by atoms with Crippen LogP contribution >= 0.6 is 0 Å². The third kappa shape index (κ3) is 4.46. The molecule has 172 valence electrons. The van der Waals surface area contributed by atoms with E-state index in [-0.39, 0.29) is 52.5 Å². The lowest BCUT2D eigenvalue weighted by Crippen LogP contribution is -2.46. The molecule has 0 atom stereocenters. The summed E-state index contributed by atoms with van der Waals surface area (Å²) in [7, 11) is 0. The second-order valence-electron chi connectivity index (χ2n) is 8.93. The number of aromatic hydroxyl groups is 1. The Bertz CT molecular complexity index is 1120. The van der Waals surface area contributed by atoms with E-state index in [9.17, 15) is 24.3 Å². The number of piperidine rings is 1. The Labute approximate surface area is 192 Å². The van der Waals surface area contributed by atoms with Gasteiger partial charge in [-0.25, -0.2) is 0 Å². The quantitative estimate of drug-likeness (QED) is 0.683. The number of nitrogens with one attached hydrogen (secondary N) is 1. The molecule has 0 aromatic heterocycles. The normalized spacial score (nSPS) is 16.3. The molecule has 1 fully saturated rings. The minimum Gasteiger partial charge on any atom is -0.507 e. The number of benzene rings is 2. The molecule has 0 radical (unpaired) electrons. The highest BCUT2D eigenvalue weighted by atomic mass is 16.3. The summed E-state index contributed by atoms with van der Waals surface area (Å²) in [6.45, 7) is 5.12. The van der Waals surface area contributed by atoms with E-state index in [4.69, 9.17) is 0 Å². The fourth-order valence-corrected chi connectivity index (χ4v) is 4.28. The van der Waals surface area contributed by atoms with E-state index in [1.807, 2.05) is 13.8 Å². The molecule has 0 unspecified atom stereocenters. The number of para-hydroxylation sites is 1. The van der Waals surface area contributed by atoms with Gasteiger partial charge in [0.2, 0.25) is 0 Å². The van der Waals surface area contributed by atoms with Crippen LogP contribution < -0.4 is 5.32 Å². The Kier molecular flexibility index (Phi) is 6.18. The molecular weight excluding hydrogens is 422 g/mol. The number of hydrogen-bond acceptors (Lipinski definition) is 5. The lowest BCUT2D eigenvalue weighted by molar-refractivity contribution is 0.0633. The van der Waals surface area contributed by atoms with E-state index in [1.54, 1.807) is 35.2 Å². The van der Waals surface area contributed by atoms with Gasteiger partial charge in [-0.1, -0.05) is 26.0 Å². The lowest BCUT2D eigenvalue weighted by atomic mass is 10.0. The van der Waals surface area contributed by atoms with Gasteiger partial charge in [0, 0.05) is 31.2 Å². The third-order valence-corrected chi connectivity index (χ3v) is 6.03. The molecule has 2 aliphatic heterocycles. The molecule has 0 saturated carbocycles. The van der Waals surface area contributed by atoms with Crippen molar-refractivity contribution in [3.8, 4) is 5.75 Å². The van der Waals surface area contributed by atoms with Crippen molar-refractivity contribution in [3.63, 3.8) is 0 Å². The first-order chi connectivity index (χ1) is 15.8. The maximum atomic E-state index is 12.8. The Morgan fingerprint density at radius 1 is 1.03 bits per heavy atom. The van der Waals surface area contributed by atoms with Gasteiger partial charge in [0.25, 0.3) is 23.6 Å². The molecule has 2 aromatic rings. The van der Waals surface area contributed by atoms with Crippen molar-refractivity contribution in [1.82, 2.24) is 15.1 Å². The highest BCUT2D eigenvalue weighted by molar-refractivity contribution is 6.22. The zero-order valence-corrected chi connectivity index (χ0v) is 18.7. The molecule has 2 aliphatic rings. The molecule has 2 heterocycles. The highest BCUT2D eigenvalue weighted by Crippen LogP contribution is 2.25. The molecule has 2 N–H and O–H groups in total. The number of rotatable bonds is 5. The number of carbonyl (C=O) groups is 4. The smallest absolute Gasteiger partial charge is 0.261 e. The summed E-state index contributed by atoms with van der Waals surface area (Å²) < 4.78 is 0. The fourth-order valence-electron chi connectivity index (χ4n) is 4.28. The first-order valence-corrected chi connectivity index (χ1v) is 11.1. The molecule has 4 rings (SSSR count). The van der Waals surface area contributed by atoms with Gasteiger partial charge in [-0.2, -0.15) is 0 Å². The van der Waals surface area contributed by atoms with Crippen molar-refractivity contribution in [2.75, 3.05) is 19.6 Å². The minimum absolute atomic E-state index is 0.0467. The molecule has 33 heavy (non-hydrogen) atoms. The number of likely N-dealkylation sites (tertiary alicyclic amines) is 1. The van der Waals surface area contributed by atoms with Crippen molar-refractivity contribution >= 4 is 23.6 Å². The van der Waals surface area contributed by atoms with Crippen LogP contribution in [0.3, 0.4) is 0 Å². The van der Waals surface area contributed by atoms with E-state index in [1.165, 1.54) is 17.0 Å². The molecule has 0 spiro atoms. The van der Waals surface area contributed by atoms with E-state index in [2.05, 4.69) is 5.32 Å².